The Kier molecular flexibility index (Phi) is 4.59. The summed E-state index contributed by atoms with van der Waals surface area (Å²) in [4.78, 5) is 42.3. The summed E-state index contributed by atoms with van der Waals surface area (Å²) in [6, 6.07) is -0.713. The van der Waals surface area contributed by atoms with Crippen LogP contribution in [0.3, 0.4) is 0 Å². The Balaban J connectivity index is 0.000000203. The number of aromatic nitrogens is 4. The third-order valence-corrected chi connectivity index (χ3v) is 2.33. The minimum absolute atomic E-state index is 0.0208. The highest BCUT2D eigenvalue weighted by Crippen LogP contribution is 1.96. The molecule has 0 fully saturated rings. The van der Waals surface area contributed by atoms with E-state index in [0.29, 0.717) is 0 Å². The summed E-state index contributed by atoms with van der Waals surface area (Å²) in [5.74, 6) is -0.910. The maximum atomic E-state index is 10.9. The third-order valence-electron chi connectivity index (χ3n) is 2.33. The van der Waals surface area contributed by atoms with Gasteiger partial charge in [-0.15, -0.1) is 0 Å². The topological polar surface area (TPSA) is 158 Å². The van der Waals surface area contributed by atoms with Crippen molar-refractivity contribution in [1.29, 1.82) is 0 Å². The van der Waals surface area contributed by atoms with Gasteiger partial charge in [0.1, 0.15) is 11.6 Å². The van der Waals surface area contributed by atoms with Gasteiger partial charge in [-0.2, -0.15) is 0 Å². The SMILES string of the molecule is CC(C)[C@H](N)C(=O)O.O=c1[nH]c(=O)c2[nH]cnc2[nH]1. The number of carboxylic acids is 1. The molecular weight excluding hydrogens is 254 g/mol. The Hall–Kier alpha value is -2.42. The highest BCUT2D eigenvalue weighted by atomic mass is 16.4. The third kappa shape index (κ3) is 3.78. The molecule has 9 heteroatoms. The van der Waals surface area contributed by atoms with E-state index in [4.69, 9.17) is 10.8 Å². The molecule has 0 saturated carbocycles. The Labute approximate surface area is 106 Å². The Bertz CT molecular complexity index is 668. The first kappa shape index (κ1) is 14.6. The molecule has 1 atom stereocenters. The molecule has 2 rings (SSSR count). The predicted molar refractivity (Wildman–Crippen MR) is 67.8 cm³/mol. The fraction of sp³-hybridized carbons (Fsp3) is 0.400. The number of carboxylic acid groups (broad SMARTS) is 1. The first-order chi connectivity index (χ1) is 8.82. The van der Waals surface area contributed by atoms with Crippen LogP contribution in [0, 0.1) is 5.92 Å². The van der Waals surface area contributed by atoms with Gasteiger partial charge in [-0.3, -0.25) is 19.6 Å². The zero-order chi connectivity index (χ0) is 14.6. The van der Waals surface area contributed by atoms with Crippen LogP contribution in [-0.2, 0) is 4.79 Å². The second kappa shape index (κ2) is 5.96. The van der Waals surface area contributed by atoms with Crippen LogP contribution >= 0.6 is 0 Å². The summed E-state index contributed by atoms with van der Waals surface area (Å²) in [7, 11) is 0. The van der Waals surface area contributed by atoms with E-state index >= 15 is 0 Å². The number of carbonyl (C=O) groups is 1. The van der Waals surface area contributed by atoms with Crippen LogP contribution in [0.2, 0.25) is 0 Å². The molecule has 2 heterocycles. The molecule has 0 aliphatic heterocycles. The van der Waals surface area contributed by atoms with Crippen LogP contribution in [0.5, 0.6) is 0 Å². The quantitative estimate of drug-likeness (QED) is 0.470. The summed E-state index contributed by atoms with van der Waals surface area (Å²) in [5, 5.41) is 8.23. The summed E-state index contributed by atoms with van der Waals surface area (Å²) in [5.41, 5.74) is 4.71. The van der Waals surface area contributed by atoms with Crippen molar-refractivity contribution in [2.24, 2.45) is 11.7 Å². The van der Waals surface area contributed by atoms with Crippen LogP contribution in [-0.4, -0.2) is 37.1 Å². The number of H-pyrrole nitrogens is 3. The van der Waals surface area contributed by atoms with Crippen molar-refractivity contribution in [2.45, 2.75) is 19.9 Å². The number of imidazole rings is 1. The highest BCUT2D eigenvalue weighted by Gasteiger charge is 2.14. The molecule has 0 spiro atoms. The molecule has 2 aromatic heterocycles. The number of nitrogens with two attached hydrogens (primary N) is 1. The molecule has 0 unspecified atom stereocenters. The second-order valence-corrected chi connectivity index (χ2v) is 4.14. The first-order valence-electron chi connectivity index (χ1n) is 5.47. The van der Waals surface area contributed by atoms with Gasteiger partial charge in [-0.25, -0.2) is 9.78 Å². The molecule has 0 aromatic carbocycles. The van der Waals surface area contributed by atoms with E-state index in [1.807, 2.05) is 0 Å². The van der Waals surface area contributed by atoms with Gasteiger partial charge in [0.05, 0.1) is 6.33 Å². The standard InChI is InChI=1S/C5H4N4O2.C5H11NO2/c10-4-2-3(7-1-6-2)8-5(11)9-4;1-3(2)4(6)5(7)8/h1H,(H3,6,7,8,9,10,11);3-4H,6H2,1-2H3,(H,7,8)/t;4-/m.0/s1. The molecular formula is C10H15N5O4. The van der Waals surface area contributed by atoms with Crippen molar-refractivity contribution >= 4 is 17.1 Å². The molecule has 104 valence electrons. The van der Waals surface area contributed by atoms with Crippen LogP contribution < -0.4 is 17.0 Å². The number of nitrogens with one attached hydrogen (secondary N) is 3. The zero-order valence-electron chi connectivity index (χ0n) is 10.4. The normalized spacial score (nSPS) is 12.0. The lowest BCUT2D eigenvalue weighted by molar-refractivity contribution is -0.139. The summed E-state index contributed by atoms with van der Waals surface area (Å²) in [6.45, 7) is 3.55. The number of hydrogen-bond donors (Lipinski definition) is 5. The van der Waals surface area contributed by atoms with E-state index < -0.39 is 23.3 Å². The molecule has 0 aliphatic carbocycles. The first-order valence-corrected chi connectivity index (χ1v) is 5.47. The van der Waals surface area contributed by atoms with Crippen LogP contribution in [0.4, 0.5) is 0 Å². The van der Waals surface area contributed by atoms with Crippen molar-refractivity contribution in [2.75, 3.05) is 0 Å². The Morgan fingerprint density at radius 3 is 2.47 bits per heavy atom. The van der Waals surface area contributed by atoms with Crippen molar-refractivity contribution < 1.29 is 9.90 Å². The van der Waals surface area contributed by atoms with Crippen LogP contribution in [0.1, 0.15) is 13.8 Å². The van der Waals surface area contributed by atoms with Gasteiger partial charge in [-0.05, 0) is 5.92 Å². The minimum Gasteiger partial charge on any atom is -0.480 e. The van der Waals surface area contributed by atoms with E-state index in [0.717, 1.165) is 0 Å². The van der Waals surface area contributed by atoms with Crippen LogP contribution in [0.25, 0.3) is 11.2 Å². The molecule has 0 bridgehead atoms. The lowest BCUT2D eigenvalue weighted by atomic mass is 10.1. The Morgan fingerprint density at radius 2 is 2.00 bits per heavy atom. The fourth-order valence-corrected chi connectivity index (χ4v) is 1.15. The van der Waals surface area contributed by atoms with Gasteiger partial charge in [0.2, 0.25) is 0 Å². The van der Waals surface area contributed by atoms with E-state index in [1.165, 1.54) is 6.33 Å². The number of hydrogen-bond acceptors (Lipinski definition) is 5. The van der Waals surface area contributed by atoms with E-state index in [2.05, 4.69) is 19.9 Å². The highest BCUT2D eigenvalue weighted by molar-refractivity contribution is 5.73. The van der Waals surface area contributed by atoms with Crippen molar-refractivity contribution in [1.82, 2.24) is 19.9 Å². The van der Waals surface area contributed by atoms with Crippen molar-refractivity contribution in [3.05, 3.63) is 27.2 Å². The average Bonchev–Trinajstić information content (AvgIpc) is 2.76. The second-order valence-electron chi connectivity index (χ2n) is 4.14. The number of aliphatic carboxylic acids is 1. The molecule has 19 heavy (non-hydrogen) atoms. The van der Waals surface area contributed by atoms with E-state index in [1.54, 1.807) is 13.8 Å². The van der Waals surface area contributed by atoms with Gasteiger partial charge >= 0.3 is 11.7 Å². The summed E-state index contributed by atoms with van der Waals surface area (Å²) >= 11 is 0. The lowest BCUT2D eigenvalue weighted by Crippen LogP contribution is -2.34. The van der Waals surface area contributed by atoms with Gasteiger partial charge in [0.15, 0.2) is 5.65 Å². The van der Waals surface area contributed by atoms with Crippen molar-refractivity contribution in [3.8, 4) is 0 Å². The average molecular weight is 269 g/mol. The minimum atomic E-state index is -0.931. The number of rotatable bonds is 2. The number of fused-ring (bicyclic) bond motifs is 1. The van der Waals surface area contributed by atoms with Gasteiger partial charge < -0.3 is 15.8 Å². The fourth-order valence-electron chi connectivity index (χ4n) is 1.15. The molecule has 9 nitrogen and oxygen atoms in total. The largest absolute Gasteiger partial charge is 0.480 e. The molecule has 2 aromatic rings. The van der Waals surface area contributed by atoms with E-state index in [9.17, 15) is 14.4 Å². The summed E-state index contributed by atoms with van der Waals surface area (Å²) < 4.78 is 0. The molecule has 0 radical (unpaired) electrons. The molecule has 0 saturated heterocycles. The van der Waals surface area contributed by atoms with E-state index in [-0.39, 0.29) is 17.1 Å². The maximum absolute atomic E-state index is 10.9. The Morgan fingerprint density at radius 1 is 1.37 bits per heavy atom. The number of nitrogens with zero attached hydrogens (tertiary/aromatic N) is 1. The molecule has 0 aliphatic rings. The maximum Gasteiger partial charge on any atom is 0.327 e. The van der Waals surface area contributed by atoms with Gasteiger partial charge in [0, 0.05) is 0 Å². The molecule has 6 N–H and O–H groups in total. The van der Waals surface area contributed by atoms with Gasteiger partial charge in [0.25, 0.3) is 5.56 Å². The molecule has 0 amide bonds. The smallest absolute Gasteiger partial charge is 0.327 e. The number of aromatic amines is 3. The van der Waals surface area contributed by atoms with Gasteiger partial charge in [-0.1, -0.05) is 13.8 Å². The lowest BCUT2D eigenvalue weighted by Gasteiger charge is -2.07. The predicted octanol–water partition coefficient (Wildman–Crippen LogP) is -1.01. The van der Waals surface area contributed by atoms with Crippen molar-refractivity contribution in [3.63, 3.8) is 0 Å². The monoisotopic (exact) mass is 269 g/mol. The summed E-state index contributed by atoms with van der Waals surface area (Å²) in [6.07, 6.45) is 1.34. The van der Waals surface area contributed by atoms with Crippen LogP contribution in [0.15, 0.2) is 15.9 Å². The zero-order valence-corrected chi connectivity index (χ0v) is 10.4.